The van der Waals surface area contributed by atoms with E-state index in [1.54, 1.807) is 0 Å². The fraction of sp³-hybridized carbons (Fsp3) is 0.167. The average molecular weight is 328 g/mol. The third-order valence-electron chi connectivity index (χ3n) is 3.50. The van der Waals surface area contributed by atoms with Gasteiger partial charge >= 0.3 is 0 Å². The van der Waals surface area contributed by atoms with Crippen molar-refractivity contribution in [1.29, 1.82) is 0 Å². The molecule has 3 rings (SSSR count). The van der Waals surface area contributed by atoms with Crippen LogP contribution in [0.25, 0.3) is 22.3 Å². The van der Waals surface area contributed by atoms with Gasteiger partial charge < -0.3 is 24.5 Å². The molecule has 3 N–H and O–H groups in total. The molecule has 0 amide bonds. The number of aromatic hydroxyl groups is 3. The van der Waals surface area contributed by atoms with Crippen molar-refractivity contribution < 1.29 is 24.5 Å². The molecule has 0 aliphatic carbocycles. The van der Waals surface area contributed by atoms with Gasteiger partial charge in [0, 0.05) is 23.8 Å². The van der Waals surface area contributed by atoms with Crippen molar-refractivity contribution in [3.8, 4) is 34.3 Å². The van der Waals surface area contributed by atoms with Gasteiger partial charge in [0.25, 0.3) is 0 Å². The normalized spacial score (nSPS) is 10.9. The number of phenols is 3. The summed E-state index contributed by atoms with van der Waals surface area (Å²) in [6.07, 6.45) is 0.757. The number of phenolic OH excluding ortho intramolecular Hbond substituents is 3. The van der Waals surface area contributed by atoms with E-state index >= 15 is 0 Å². The molecular weight excluding hydrogens is 312 g/mol. The van der Waals surface area contributed by atoms with Crippen LogP contribution in [-0.2, 0) is 0 Å². The minimum absolute atomic E-state index is 0.0811. The molecular formula is C18H16O6. The Kier molecular flexibility index (Phi) is 4.04. The molecule has 0 spiro atoms. The Morgan fingerprint density at radius 1 is 1.04 bits per heavy atom. The minimum Gasteiger partial charge on any atom is -0.508 e. The highest BCUT2D eigenvalue weighted by Gasteiger charge is 2.14. The summed E-state index contributed by atoms with van der Waals surface area (Å²) in [6, 6.07) is 8.09. The van der Waals surface area contributed by atoms with Crippen molar-refractivity contribution in [1.82, 2.24) is 0 Å². The molecule has 3 aromatic rings. The lowest BCUT2D eigenvalue weighted by Crippen LogP contribution is -2.05. The topological polar surface area (TPSA) is 100 Å². The molecule has 0 atom stereocenters. The van der Waals surface area contributed by atoms with E-state index in [1.807, 2.05) is 6.92 Å². The lowest BCUT2D eigenvalue weighted by Gasteiger charge is -2.10. The number of rotatable bonds is 4. The van der Waals surface area contributed by atoms with Gasteiger partial charge in [0.1, 0.15) is 28.2 Å². The van der Waals surface area contributed by atoms with Gasteiger partial charge in [0.05, 0.1) is 6.61 Å². The van der Waals surface area contributed by atoms with Crippen LogP contribution >= 0.6 is 0 Å². The van der Waals surface area contributed by atoms with Crippen molar-refractivity contribution in [3.63, 3.8) is 0 Å². The first kappa shape index (κ1) is 15.7. The fourth-order valence-electron chi connectivity index (χ4n) is 2.38. The lowest BCUT2D eigenvalue weighted by atomic mass is 10.1. The second kappa shape index (κ2) is 6.16. The van der Waals surface area contributed by atoms with Gasteiger partial charge in [-0.3, -0.25) is 4.79 Å². The Labute approximate surface area is 137 Å². The summed E-state index contributed by atoms with van der Waals surface area (Å²) in [4.78, 5) is 12.5. The number of fused-ring (bicyclic) bond motifs is 1. The smallest absolute Gasteiger partial charge is 0.197 e. The van der Waals surface area contributed by atoms with Gasteiger partial charge in [-0.2, -0.15) is 0 Å². The summed E-state index contributed by atoms with van der Waals surface area (Å²) in [6.45, 7) is 2.34. The van der Waals surface area contributed by atoms with E-state index in [-0.39, 0.29) is 45.2 Å². The van der Waals surface area contributed by atoms with Crippen LogP contribution in [0.3, 0.4) is 0 Å². The third kappa shape index (κ3) is 2.86. The van der Waals surface area contributed by atoms with Gasteiger partial charge in [-0.05, 0) is 24.6 Å². The van der Waals surface area contributed by atoms with Gasteiger partial charge in [-0.1, -0.05) is 6.92 Å². The molecule has 0 saturated carbocycles. The monoisotopic (exact) mass is 328 g/mol. The Morgan fingerprint density at radius 3 is 2.54 bits per heavy atom. The summed E-state index contributed by atoms with van der Waals surface area (Å²) in [5.41, 5.74) is 0.268. The summed E-state index contributed by atoms with van der Waals surface area (Å²) < 4.78 is 11.2. The zero-order valence-electron chi connectivity index (χ0n) is 12.9. The molecule has 0 aliphatic rings. The van der Waals surface area contributed by atoms with Gasteiger partial charge in [-0.15, -0.1) is 0 Å². The predicted octanol–water partition coefficient (Wildman–Crippen LogP) is 3.37. The maximum atomic E-state index is 12.5. The van der Waals surface area contributed by atoms with Crippen LogP contribution in [-0.4, -0.2) is 21.9 Å². The highest BCUT2D eigenvalue weighted by molar-refractivity contribution is 5.86. The zero-order chi connectivity index (χ0) is 17.3. The van der Waals surface area contributed by atoms with E-state index in [2.05, 4.69) is 0 Å². The largest absolute Gasteiger partial charge is 0.508 e. The zero-order valence-corrected chi connectivity index (χ0v) is 12.9. The van der Waals surface area contributed by atoms with Gasteiger partial charge in [0.15, 0.2) is 16.9 Å². The molecule has 0 fully saturated rings. The first-order chi connectivity index (χ1) is 11.5. The van der Waals surface area contributed by atoms with Crippen molar-refractivity contribution in [2.45, 2.75) is 13.3 Å². The Bertz CT molecular complexity index is 958. The molecule has 0 radical (unpaired) electrons. The molecule has 6 nitrogen and oxygen atoms in total. The summed E-state index contributed by atoms with van der Waals surface area (Å²) in [7, 11) is 0. The fourth-order valence-corrected chi connectivity index (χ4v) is 2.38. The van der Waals surface area contributed by atoms with Crippen LogP contribution in [0.2, 0.25) is 0 Å². The summed E-state index contributed by atoms with van der Waals surface area (Å²) in [5.74, 6) is -0.203. The first-order valence-corrected chi connectivity index (χ1v) is 7.45. The molecule has 0 aliphatic heterocycles. The maximum Gasteiger partial charge on any atom is 0.197 e. The standard InChI is InChI=1S/C18H16O6/c1-2-5-23-16-7-11(19)8-17-18(16)14(22)9-15(24-17)10-3-4-12(20)13(21)6-10/h3-4,6-9,19-21H,2,5H2,1H3. The van der Waals surface area contributed by atoms with Crippen molar-refractivity contribution in [3.05, 3.63) is 46.6 Å². The first-order valence-electron chi connectivity index (χ1n) is 7.45. The van der Waals surface area contributed by atoms with E-state index in [1.165, 1.54) is 36.4 Å². The van der Waals surface area contributed by atoms with E-state index in [4.69, 9.17) is 9.15 Å². The quantitative estimate of drug-likeness (QED) is 0.635. The SMILES string of the molecule is CCCOc1cc(O)cc2oc(-c3ccc(O)c(O)c3)cc(=O)c12. The Balaban J connectivity index is 2.19. The number of hydrogen-bond acceptors (Lipinski definition) is 6. The number of hydrogen-bond donors (Lipinski definition) is 3. The minimum atomic E-state index is -0.329. The van der Waals surface area contributed by atoms with E-state index in [0.29, 0.717) is 12.2 Å². The number of benzene rings is 2. The van der Waals surface area contributed by atoms with Crippen LogP contribution in [0.15, 0.2) is 45.6 Å². The summed E-state index contributed by atoms with van der Waals surface area (Å²) in [5, 5.41) is 29.1. The van der Waals surface area contributed by atoms with E-state index in [0.717, 1.165) is 6.42 Å². The highest BCUT2D eigenvalue weighted by Crippen LogP contribution is 2.34. The van der Waals surface area contributed by atoms with Crippen molar-refractivity contribution in [2.75, 3.05) is 6.61 Å². The number of ether oxygens (including phenoxy) is 1. The Morgan fingerprint density at radius 2 is 1.83 bits per heavy atom. The molecule has 124 valence electrons. The van der Waals surface area contributed by atoms with Crippen molar-refractivity contribution in [2.24, 2.45) is 0 Å². The molecule has 1 heterocycles. The highest BCUT2D eigenvalue weighted by atomic mass is 16.5. The molecule has 24 heavy (non-hydrogen) atoms. The van der Waals surface area contributed by atoms with E-state index in [9.17, 15) is 20.1 Å². The van der Waals surface area contributed by atoms with Crippen LogP contribution in [0.5, 0.6) is 23.0 Å². The average Bonchev–Trinajstić information content (AvgIpc) is 2.54. The predicted molar refractivity (Wildman–Crippen MR) is 88.7 cm³/mol. The lowest BCUT2D eigenvalue weighted by molar-refractivity contribution is 0.319. The van der Waals surface area contributed by atoms with Crippen LogP contribution < -0.4 is 10.2 Å². The third-order valence-corrected chi connectivity index (χ3v) is 3.50. The maximum absolute atomic E-state index is 12.5. The molecule has 2 aromatic carbocycles. The van der Waals surface area contributed by atoms with Crippen LogP contribution in [0.1, 0.15) is 13.3 Å². The molecule has 0 unspecified atom stereocenters. The van der Waals surface area contributed by atoms with Gasteiger partial charge in [-0.25, -0.2) is 0 Å². The molecule has 0 saturated heterocycles. The van der Waals surface area contributed by atoms with Crippen LogP contribution in [0, 0.1) is 0 Å². The second-order valence-corrected chi connectivity index (χ2v) is 5.34. The van der Waals surface area contributed by atoms with Crippen LogP contribution in [0.4, 0.5) is 0 Å². The van der Waals surface area contributed by atoms with E-state index < -0.39 is 0 Å². The molecule has 1 aromatic heterocycles. The summed E-state index contributed by atoms with van der Waals surface area (Å²) >= 11 is 0. The van der Waals surface area contributed by atoms with Crippen molar-refractivity contribution >= 4 is 11.0 Å². The Hall–Kier alpha value is -3.15. The second-order valence-electron chi connectivity index (χ2n) is 5.34. The molecule has 0 bridgehead atoms. The molecule has 6 heteroatoms. The van der Waals surface area contributed by atoms with Gasteiger partial charge in [0.2, 0.25) is 0 Å².